The Kier molecular flexibility index (Phi) is 6.79. The molecular formula is C14H25N5O. The van der Waals surface area contributed by atoms with Crippen molar-refractivity contribution >= 4 is 11.8 Å². The summed E-state index contributed by atoms with van der Waals surface area (Å²) in [6, 6.07) is 4.26. The van der Waals surface area contributed by atoms with Crippen LogP contribution in [0.2, 0.25) is 0 Å². The second kappa shape index (κ2) is 8.37. The van der Waals surface area contributed by atoms with E-state index in [1.165, 1.54) is 0 Å². The number of nitrogens with zero attached hydrogens (tertiary/aromatic N) is 3. The van der Waals surface area contributed by atoms with Crippen LogP contribution in [0.15, 0.2) is 23.3 Å². The van der Waals surface area contributed by atoms with Gasteiger partial charge in [0, 0.05) is 47.0 Å². The number of hydrogen-bond donors (Lipinski definition) is 2. The number of anilines is 1. The topological polar surface area (TPSA) is 61.8 Å². The second-order valence-corrected chi connectivity index (χ2v) is 4.84. The lowest BCUT2D eigenvalue weighted by molar-refractivity contribution is 0.179. The third-order valence-corrected chi connectivity index (χ3v) is 2.75. The van der Waals surface area contributed by atoms with E-state index < -0.39 is 0 Å². The van der Waals surface area contributed by atoms with Crippen molar-refractivity contribution in [3.05, 3.63) is 23.9 Å². The van der Waals surface area contributed by atoms with Crippen LogP contribution >= 0.6 is 0 Å². The van der Waals surface area contributed by atoms with Gasteiger partial charge < -0.3 is 20.3 Å². The maximum Gasteiger partial charge on any atom is 0.191 e. The molecule has 2 N–H and O–H groups in total. The molecule has 0 bridgehead atoms. The molecule has 0 saturated heterocycles. The number of guanidine groups is 1. The van der Waals surface area contributed by atoms with Crippen LogP contribution < -0.4 is 15.5 Å². The highest BCUT2D eigenvalue weighted by molar-refractivity contribution is 5.79. The Balaban J connectivity index is 2.54. The lowest BCUT2D eigenvalue weighted by Gasteiger charge is -2.17. The summed E-state index contributed by atoms with van der Waals surface area (Å²) in [6.45, 7) is 3.39. The van der Waals surface area contributed by atoms with Crippen molar-refractivity contribution in [1.82, 2.24) is 15.6 Å². The molecule has 1 aromatic rings. The minimum atomic E-state index is 0.209. The molecule has 6 heteroatoms. The van der Waals surface area contributed by atoms with Crippen LogP contribution in [0.3, 0.4) is 0 Å². The molecule has 0 amide bonds. The van der Waals surface area contributed by atoms with E-state index in [1.54, 1.807) is 14.2 Å². The van der Waals surface area contributed by atoms with Gasteiger partial charge in [0.1, 0.15) is 5.82 Å². The van der Waals surface area contributed by atoms with Crippen LogP contribution in [0, 0.1) is 0 Å². The number of rotatable bonds is 6. The van der Waals surface area contributed by atoms with Gasteiger partial charge >= 0.3 is 0 Å². The van der Waals surface area contributed by atoms with E-state index in [0.717, 1.165) is 17.3 Å². The van der Waals surface area contributed by atoms with Gasteiger partial charge in [-0.05, 0) is 24.6 Å². The fraction of sp³-hybridized carbons (Fsp3) is 0.571. The molecule has 1 aromatic heterocycles. The first-order chi connectivity index (χ1) is 9.56. The molecule has 1 unspecified atom stereocenters. The fourth-order valence-electron chi connectivity index (χ4n) is 1.72. The Bertz CT molecular complexity index is 433. The summed E-state index contributed by atoms with van der Waals surface area (Å²) in [4.78, 5) is 10.5. The minimum absolute atomic E-state index is 0.209. The van der Waals surface area contributed by atoms with E-state index in [-0.39, 0.29) is 6.04 Å². The summed E-state index contributed by atoms with van der Waals surface area (Å²) >= 11 is 0. The lowest BCUT2D eigenvalue weighted by atomic mass is 10.2. The predicted octanol–water partition coefficient (Wildman–Crippen LogP) is 0.848. The van der Waals surface area contributed by atoms with Crippen molar-refractivity contribution in [1.29, 1.82) is 0 Å². The number of pyridine rings is 1. The molecular weight excluding hydrogens is 254 g/mol. The third-order valence-electron chi connectivity index (χ3n) is 2.75. The normalized spacial score (nSPS) is 12.9. The molecule has 0 aromatic carbocycles. The Hall–Kier alpha value is -1.82. The molecule has 0 saturated carbocycles. The Morgan fingerprint density at radius 2 is 2.25 bits per heavy atom. The van der Waals surface area contributed by atoms with Crippen LogP contribution in [-0.2, 0) is 11.3 Å². The average Bonchev–Trinajstić information content (AvgIpc) is 2.44. The zero-order chi connectivity index (χ0) is 15.0. The quantitative estimate of drug-likeness (QED) is 0.597. The van der Waals surface area contributed by atoms with Crippen LogP contribution in [0.4, 0.5) is 5.82 Å². The third kappa shape index (κ3) is 5.44. The summed E-state index contributed by atoms with van der Waals surface area (Å²) in [7, 11) is 7.40. The summed E-state index contributed by atoms with van der Waals surface area (Å²) < 4.78 is 5.09. The smallest absolute Gasteiger partial charge is 0.191 e. The minimum Gasteiger partial charge on any atom is -0.383 e. The van der Waals surface area contributed by atoms with Crippen LogP contribution in [-0.4, -0.2) is 51.8 Å². The molecule has 0 aliphatic carbocycles. The van der Waals surface area contributed by atoms with E-state index in [4.69, 9.17) is 4.74 Å². The van der Waals surface area contributed by atoms with Crippen molar-refractivity contribution in [3.8, 4) is 0 Å². The van der Waals surface area contributed by atoms with Crippen molar-refractivity contribution < 1.29 is 4.74 Å². The summed E-state index contributed by atoms with van der Waals surface area (Å²) in [5.74, 6) is 1.71. The molecule has 20 heavy (non-hydrogen) atoms. The van der Waals surface area contributed by atoms with Gasteiger partial charge in [-0.3, -0.25) is 4.99 Å². The van der Waals surface area contributed by atoms with Gasteiger partial charge in [0.25, 0.3) is 0 Å². The zero-order valence-electron chi connectivity index (χ0n) is 13.0. The molecule has 1 rings (SSSR count). The first-order valence-electron chi connectivity index (χ1n) is 6.65. The van der Waals surface area contributed by atoms with Crippen LogP contribution in [0.25, 0.3) is 0 Å². The van der Waals surface area contributed by atoms with Crippen molar-refractivity contribution in [2.24, 2.45) is 4.99 Å². The zero-order valence-corrected chi connectivity index (χ0v) is 13.0. The molecule has 0 fully saturated rings. The average molecular weight is 279 g/mol. The van der Waals surface area contributed by atoms with Crippen LogP contribution in [0.1, 0.15) is 12.5 Å². The van der Waals surface area contributed by atoms with E-state index >= 15 is 0 Å². The first kappa shape index (κ1) is 16.2. The molecule has 0 aliphatic rings. The number of aliphatic imine (C=N–C) groups is 1. The number of aromatic nitrogens is 1. The highest BCUT2D eigenvalue weighted by Gasteiger charge is 2.05. The summed E-state index contributed by atoms with van der Waals surface area (Å²) in [5.41, 5.74) is 1.16. The number of methoxy groups -OCH3 is 1. The molecule has 112 valence electrons. The molecule has 1 atom stereocenters. The largest absolute Gasteiger partial charge is 0.383 e. The van der Waals surface area contributed by atoms with E-state index in [9.17, 15) is 0 Å². The Morgan fingerprint density at radius 1 is 1.50 bits per heavy atom. The Labute approximate surface area is 121 Å². The van der Waals surface area contributed by atoms with Gasteiger partial charge in [0.15, 0.2) is 5.96 Å². The molecule has 6 nitrogen and oxygen atoms in total. The fourth-order valence-corrected chi connectivity index (χ4v) is 1.72. The highest BCUT2D eigenvalue weighted by atomic mass is 16.5. The van der Waals surface area contributed by atoms with Crippen LogP contribution in [0.5, 0.6) is 0 Å². The lowest BCUT2D eigenvalue weighted by Crippen LogP contribution is -2.43. The SMILES string of the molecule is CN=C(NCc1ccnc(N(C)C)c1)NC(C)COC. The van der Waals surface area contributed by atoms with Gasteiger partial charge in [-0.25, -0.2) is 4.98 Å². The van der Waals surface area contributed by atoms with E-state index in [1.807, 2.05) is 38.2 Å². The molecule has 1 heterocycles. The van der Waals surface area contributed by atoms with Gasteiger partial charge in [-0.15, -0.1) is 0 Å². The van der Waals surface area contributed by atoms with Crippen molar-refractivity contribution in [2.75, 3.05) is 39.8 Å². The Morgan fingerprint density at radius 3 is 2.85 bits per heavy atom. The van der Waals surface area contributed by atoms with E-state index in [2.05, 4.69) is 26.7 Å². The van der Waals surface area contributed by atoms with Gasteiger partial charge in [-0.1, -0.05) is 0 Å². The number of nitrogens with one attached hydrogen (secondary N) is 2. The maximum atomic E-state index is 5.09. The van der Waals surface area contributed by atoms with Gasteiger partial charge in [-0.2, -0.15) is 0 Å². The summed E-state index contributed by atoms with van der Waals surface area (Å²) in [6.07, 6.45) is 1.82. The van der Waals surface area contributed by atoms with Crippen molar-refractivity contribution in [3.63, 3.8) is 0 Å². The highest BCUT2D eigenvalue weighted by Crippen LogP contribution is 2.09. The maximum absolute atomic E-state index is 5.09. The first-order valence-corrected chi connectivity index (χ1v) is 6.65. The second-order valence-electron chi connectivity index (χ2n) is 4.84. The number of ether oxygens (including phenoxy) is 1. The predicted molar refractivity (Wildman–Crippen MR) is 83.2 cm³/mol. The van der Waals surface area contributed by atoms with E-state index in [0.29, 0.717) is 13.2 Å². The number of hydrogen-bond acceptors (Lipinski definition) is 4. The monoisotopic (exact) mass is 279 g/mol. The van der Waals surface area contributed by atoms with Gasteiger partial charge in [0.05, 0.1) is 6.61 Å². The summed E-state index contributed by atoms with van der Waals surface area (Å²) in [5, 5.41) is 6.54. The molecule has 0 aliphatic heterocycles. The molecule has 0 radical (unpaired) electrons. The van der Waals surface area contributed by atoms with Crippen molar-refractivity contribution in [2.45, 2.75) is 19.5 Å². The molecule has 0 spiro atoms. The standard InChI is InChI=1S/C14H25N5O/c1-11(10-20-5)18-14(15-2)17-9-12-6-7-16-13(8-12)19(3)4/h6-8,11H,9-10H2,1-5H3,(H2,15,17,18). The van der Waals surface area contributed by atoms with Gasteiger partial charge in [0.2, 0.25) is 0 Å².